The first kappa shape index (κ1) is 12.1. The van der Waals surface area contributed by atoms with Crippen LogP contribution in [0.25, 0.3) is 5.69 Å². The molecule has 0 unspecified atom stereocenters. The number of halogens is 1. The van der Waals surface area contributed by atoms with Gasteiger partial charge in [-0.1, -0.05) is 17.7 Å². The summed E-state index contributed by atoms with van der Waals surface area (Å²) in [6.07, 6.45) is 1.40. The number of nitro groups is 1. The number of nitrogens with zero attached hydrogens (tertiary/aromatic N) is 3. The maximum atomic E-state index is 10.9. The lowest BCUT2D eigenvalue weighted by atomic mass is 10.2. The first-order valence-corrected chi connectivity index (χ1v) is 5.17. The van der Waals surface area contributed by atoms with Gasteiger partial charge in [0, 0.05) is 6.20 Å². The number of benzene rings is 1. The zero-order valence-corrected chi connectivity index (χ0v) is 9.66. The highest BCUT2D eigenvalue weighted by atomic mass is 35.5. The van der Waals surface area contributed by atoms with E-state index in [1.807, 2.05) is 0 Å². The molecule has 0 spiro atoms. The molecule has 2 N–H and O–H groups in total. The molecule has 1 aromatic heterocycles. The van der Waals surface area contributed by atoms with Crippen LogP contribution in [0.15, 0.2) is 30.5 Å². The van der Waals surface area contributed by atoms with Crippen LogP contribution >= 0.6 is 11.6 Å². The quantitative estimate of drug-likeness (QED) is 0.672. The minimum atomic E-state index is -0.710. The van der Waals surface area contributed by atoms with Crippen molar-refractivity contribution in [2.45, 2.75) is 0 Å². The van der Waals surface area contributed by atoms with Crippen LogP contribution in [0.2, 0.25) is 5.02 Å². The number of nitrogens with two attached hydrogens (primary N) is 1. The van der Waals surface area contributed by atoms with Crippen LogP contribution in [0.3, 0.4) is 0 Å². The summed E-state index contributed by atoms with van der Waals surface area (Å²) in [5, 5.41) is 14.8. The zero-order valence-electron chi connectivity index (χ0n) is 8.91. The largest absolute Gasteiger partial charge is 0.364 e. The monoisotopic (exact) mass is 266 g/mol. The van der Waals surface area contributed by atoms with Crippen LogP contribution < -0.4 is 5.73 Å². The maximum Gasteiger partial charge on any atom is 0.313 e. The fourth-order valence-electron chi connectivity index (χ4n) is 1.46. The van der Waals surface area contributed by atoms with Crippen LogP contribution in [0, 0.1) is 10.1 Å². The van der Waals surface area contributed by atoms with Gasteiger partial charge in [-0.25, -0.2) is 4.68 Å². The number of hydrogen-bond acceptors (Lipinski definition) is 4. The maximum absolute atomic E-state index is 10.9. The van der Waals surface area contributed by atoms with Crippen molar-refractivity contribution < 1.29 is 9.72 Å². The number of nitro benzene ring substituents is 1. The third-order valence-electron chi connectivity index (χ3n) is 2.24. The summed E-state index contributed by atoms with van der Waals surface area (Å²) in [5.74, 6) is -0.710. The highest BCUT2D eigenvalue weighted by molar-refractivity contribution is 6.33. The third-order valence-corrected chi connectivity index (χ3v) is 2.54. The van der Waals surface area contributed by atoms with Gasteiger partial charge in [0.05, 0.1) is 4.92 Å². The summed E-state index contributed by atoms with van der Waals surface area (Å²) in [4.78, 5) is 21.3. The number of primary amides is 1. The molecule has 0 aliphatic rings. The number of rotatable bonds is 3. The summed E-state index contributed by atoms with van der Waals surface area (Å²) in [5.41, 5.74) is 4.96. The molecule has 0 aliphatic carbocycles. The molecule has 0 aliphatic heterocycles. The Morgan fingerprint density at radius 1 is 1.44 bits per heavy atom. The highest BCUT2D eigenvalue weighted by Crippen LogP contribution is 2.30. The van der Waals surface area contributed by atoms with Crippen LogP contribution in [0.1, 0.15) is 10.5 Å². The van der Waals surface area contributed by atoms with Gasteiger partial charge in [0.25, 0.3) is 5.91 Å². The fourth-order valence-corrected chi connectivity index (χ4v) is 1.70. The Balaban J connectivity index is 2.59. The smallest absolute Gasteiger partial charge is 0.313 e. The van der Waals surface area contributed by atoms with Gasteiger partial charge < -0.3 is 5.73 Å². The fraction of sp³-hybridized carbons (Fsp3) is 0. The van der Waals surface area contributed by atoms with E-state index >= 15 is 0 Å². The van der Waals surface area contributed by atoms with Crippen LogP contribution in [-0.2, 0) is 0 Å². The van der Waals surface area contributed by atoms with E-state index in [2.05, 4.69) is 5.10 Å². The standard InChI is InChI=1S/C10H7ClN4O3/c11-6-2-1-3-8(9(6)15(17)18)14-5-4-7(13-14)10(12)16/h1-5H,(H2,12,16). The highest BCUT2D eigenvalue weighted by Gasteiger charge is 2.20. The van der Waals surface area contributed by atoms with Gasteiger partial charge in [0.2, 0.25) is 0 Å². The lowest BCUT2D eigenvalue weighted by molar-refractivity contribution is -0.384. The Labute approximate surface area is 106 Å². The molecule has 0 bridgehead atoms. The Morgan fingerprint density at radius 3 is 2.72 bits per heavy atom. The third kappa shape index (κ3) is 2.03. The predicted molar refractivity (Wildman–Crippen MR) is 63.7 cm³/mol. The minimum Gasteiger partial charge on any atom is -0.364 e. The Hall–Kier alpha value is -2.41. The molecule has 1 heterocycles. The first-order chi connectivity index (χ1) is 8.50. The van der Waals surface area contributed by atoms with E-state index in [1.54, 1.807) is 6.07 Å². The van der Waals surface area contributed by atoms with E-state index in [-0.39, 0.29) is 22.1 Å². The molecule has 0 fully saturated rings. The van der Waals surface area contributed by atoms with Gasteiger partial charge in [-0.3, -0.25) is 14.9 Å². The lowest BCUT2D eigenvalue weighted by Crippen LogP contribution is -2.12. The van der Waals surface area contributed by atoms with Crippen molar-refractivity contribution in [2.24, 2.45) is 5.73 Å². The van der Waals surface area contributed by atoms with Gasteiger partial charge in [0.15, 0.2) is 0 Å². The van der Waals surface area contributed by atoms with Gasteiger partial charge in [0.1, 0.15) is 16.4 Å². The predicted octanol–water partition coefficient (Wildman–Crippen LogP) is 1.53. The van der Waals surface area contributed by atoms with Gasteiger partial charge in [-0.05, 0) is 18.2 Å². The van der Waals surface area contributed by atoms with Crippen molar-refractivity contribution in [1.82, 2.24) is 9.78 Å². The summed E-state index contributed by atoms with van der Waals surface area (Å²) < 4.78 is 1.18. The van der Waals surface area contributed by atoms with Gasteiger partial charge in [-0.15, -0.1) is 0 Å². The molecule has 18 heavy (non-hydrogen) atoms. The van der Waals surface area contributed by atoms with Crippen molar-refractivity contribution in [3.63, 3.8) is 0 Å². The van der Waals surface area contributed by atoms with E-state index in [1.165, 1.54) is 29.1 Å². The molecule has 2 rings (SSSR count). The van der Waals surface area contributed by atoms with E-state index in [9.17, 15) is 14.9 Å². The molecule has 0 saturated carbocycles. The number of hydrogen-bond donors (Lipinski definition) is 1. The van der Waals surface area contributed by atoms with E-state index in [0.717, 1.165) is 0 Å². The molecule has 0 radical (unpaired) electrons. The van der Waals surface area contributed by atoms with E-state index in [0.29, 0.717) is 0 Å². The molecule has 1 amide bonds. The van der Waals surface area contributed by atoms with Crippen LogP contribution in [0.4, 0.5) is 5.69 Å². The van der Waals surface area contributed by atoms with Crippen molar-refractivity contribution in [3.05, 3.63) is 51.3 Å². The average molecular weight is 267 g/mol. The molecule has 1 aromatic carbocycles. The molecular formula is C10H7ClN4O3. The average Bonchev–Trinajstić information content (AvgIpc) is 2.77. The van der Waals surface area contributed by atoms with Crippen molar-refractivity contribution in [3.8, 4) is 5.69 Å². The van der Waals surface area contributed by atoms with Crippen LogP contribution in [-0.4, -0.2) is 20.6 Å². The summed E-state index contributed by atoms with van der Waals surface area (Å²) >= 11 is 5.77. The van der Waals surface area contributed by atoms with Crippen molar-refractivity contribution in [1.29, 1.82) is 0 Å². The molecule has 0 saturated heterocycles. The summed E-state index contributed by atoms with van der Waals surface area (Å²) in [6.45, 7) is 0. The van der Waals surface area contributed by atoms with Crippen molar-refractivity contribution in [2.75, 3.05) is 0 Å². The normalized spacial score (nSPS) is 10.3. The summed E-state index contributed by atoms with van der Waals surface area (Å²) in [6, 6.07) is 5.80. The Bertz CT molecular complexity index is 638. The molecular weight excluding hydrogens is 260 g/mol. The SMILES string of the molecule is NC(=O)c1ccn(-c2cccc(Cl)c2[N+](=O)[O-])n1. The second kappa shape index (κ2) is 4.46. The molecule has 92 valence electrons. The number of amides is 1. The Kier molecular flexibility index (Phi) is 2.99. The number of carbonyl (C=O) groups is 1. The lowest BCUT2D eigenvalue weighted by Gasteiger charge is -2.03. The van der Waals surface area contributed by atoms with Gasteiger partial charge >= 0.3 is 5.69 Å². The van der Waals surface area contributed by atoms with Gasteiger partial charge in [-0.2, -0.15) is 5.10 Å². The minimum absolute atomic E-state index is 0.00590. The second-order valence-corrected chi connectivity index (χ2v) is 3.78. The van der Waals surface area contributed by atoms with Crippen LogP contribution in [0.5, 0.6) is 0 Å². The number of para-hydroxylation sites is 1. The zero-order chi connectivity index (χ0) is 13.3. The molecule has 2 aromatic rings. The number of carbonyl (C=O) groups excluding carboxylic acids is 1. The first-order valence-electron chi connectivity index (χ1n) is 4.79. The topological polar surface area (TPSA) is 104 Å². The van der Waals surface area contributed by atoms with Crippen molar-refractivity contribution >= 4 is 23.2 Å². The summed E-state index contributed by atoms with van der Waals surface area (Å²) in [7, 11) is 0. The number of aromatic nitrogens is 2. The van der Waals surface area contributed by atoms with E-state index < -0.39 is 10.8 Å². The Morgan fingerprint density at radius 2 is 2.17 bits per heavy atom. The molecule has 8 heteroatoms. The van der Waals surface area contributed by atoms with E-state index in [4.69, 9.17) is 17.3 Å². The molecule has 0 atom stereocenters. The second-order valence-electron chi connectivity index (χ2n) is 3.37. The molecule has 7 nitrogen and oxygen atoms in total.